The highest BCUT2D eigenvalue weighted by Crippen LogP contribution is 2.21. The van der Waals surface area contributed by atoms with E-state index in [1.54, 1.807) is 25.1 Å². The number of pyridine rings is 2. The highest BCUT2D eigenvalue weighted by molar-refractivity contribution is 5.73. The molecule has 2 heterocycles. The van der Waals surface area contributed by atoms with E-state index in [0.29, 0.717) is 6.54 Å². The van der Waals surface area contributed by atoms with Crippen LogP contribution in [0.3, 0.4) is 0 Å². The lowest BCUT2D eigenvalue weighted by Crippen LogP contribution is -2.44. The maximum Gasteiger partial charge on any atom is 0.317 e. The Morgan fingerprint density at radius 3 is 2.84 bits per heavy atom. The summed E-state index contributed by atoms with van der Waals surface area (Å²) in [4.78, 5) is 30.3. The molecule has 1 atom stereocenters. The minimum Gasteiger partial charge on any atom is -0.335 e. The minimum atomic E-state index is -0.0780. The number of nitrogens with zero attached hydrogens (tertiary/aromatic N) is 3. The van der Waals surface area contributed by atoms with E-state index in [4.69, 9.17) is 0 Å². The highest BCUT2D eigenvalue weighted by Gasteiger charge is 2.23. The number of rotatable bonds is 3. The van der Waals surface area contributed by atoms with Crippen molar-refractivity contribution in [2.75, 3.05) is 14.1 Å². The molecule has 0 fully saturated rings. The van der Waals surface area contributed by atoms with Crippen LogP contribution in [0, 0.1) is 6.92 Å². The van der Waals surface area contributed by atoms with Crippen LogP contribution in [0.2, 0.25) is 0 Å². The van der Waals surface area contributed by atoms with Crippen molar-refractivity contribution < 1.29 is 4.79 Å². The fourth-order valence-corrected chi connectivity index (χ4v) is 3.27. The van der Waals surface area contributed by atoms with E-state index in [1.807, 2.05) is 35.8 Å². The van der Waals surface area contributed by atoms with Gasteiger partial charge in [0.1, 0.15) is 0 Å². The predicted octanol–water partition coefficient (Wildman–Crippen LogP) is 1.73. The lowest BCUT2D eigenvalue weighted by Gasteiger charge is -2.28. The van der Waals surface area contributed by atoms with Crippen LogP contribution in [0.4, 0.5) is 4.79 Å². The zero-order chi connectivity index (χ0) is 18.0. The van der Waals surface area contributed by atoms with Gasteiger partial charge in [-0.15, -0.1) is 0 Å². The maximum atomic E-state index is 12.4. The Kier molecular flexibility index (Phi) is 4.88. The van der Waals surface area contributed by atoms with Crippen molar-refractivity contribution >= 4 is 6.03 Å². The van der Waals surface area contributed by atoms with Gasteiger partial charge in [-0.05, 0) is 43.9 Å². The number of amides is 2. The lowest BCUT2D eigenvalue weighted by molar-refractivity contribution is 0.211. The normalized spacial score (nSPS) is 16.2. The van der Waals surface area contributed by atoms with Crippen molar-refractivity contribution in [1.82, 2.24) is 19.8 Å². The van der Waals surface area contributed by atoms with Gasteiger partial charge in [0, 0.05) is 37.6 Å². The van der Waals surface area contributed by atoms with Gasteiger partial charge in [-0.2, -0.15) is 0 Å². The number of nitrogens with one attached hydrogen (secondary N) is 1. The van der Waals surface area contributed by atoms with E-state index in [-0.39, 0.29) is 17.6 Å². The van der Waals surface area contributed by atoms with E-state index in [0.717, 1.165) is 41.9 Å². The number of aryl methyl sites for hydroxylation is 1. The van der Waals surface area contributed by atoms with Gasteiger partial charge in [0.25, 0.3) is 5.56 Å². The fourth-order valence-electron chi connectivity index (χ4n) is 3.27. The second kappa shape index (κ2) is 7.09. The number of carbonyl (C=O) groups is 1. The third kappa shape index (κ3) is 3.90. The predicted molar refractivity (Wildman–Crippen MR) is 96.8 cm³/mol. The van der Waals surface area contributed by atoms with Crippen molar-refractivity contribution in [1.29, 1.82) is 0 Å². The summed E-state index contributed by atoms with van der Waals surface area (Å²) in [5, 5.41) is 3.04. The fraction of sp³-hybridized carbons (Fsp3) is 0.421. The van der Waals surface area contributed by atoms with Gasteiger partial charge in [0.2, 0.25) is 0 Å². The molecule has 1 aliphatic carbocycles. The number of hydrogen-bond acceptors (Lipinski definition) is 3. The van der Waals surface area contributed by atoms with E-state index in [9.17, 15) is 9.59 Å². The average Bonchev–Trinajstić information content (AvgIpc) is 2.57. The molecule has 0 aliphatic heterocycles. The van der Waals surface area contributed by atoms with E-state index >= 15 is 0 Å². The Bertz CT molecular complexity index is 842. The van der Waals surface area contributed by atoms with Gasteiger partial charge < -0.3 is 14.8 Å². The summed E-state index contributed by atoms with van der Waals surface area (Å²) in [5.41, 5.74) is 4.02. The van der Waals surface area contributed by atoms with Crippen LogP contribution in [0.25, 0.3) is 0 Å². The molecule has 2 aromatic rings. The molecule has 0 saturated carbocycles. The second-order valence-corrected chi connectivity index (χ2v) is 6.78. The summed E-state index contributed by atoms with van der Waals surface area (Å²) >= 11 is 0. The smallest absolute Gasteiger partial charge is 0.317 e. The van der Waals surface area contributed by atoms with Crippen LogP contribution in [0.1, 0.15) is 29.1 Å². The van der Waals surface area contributed by atoms with Crippen molar-refractivity contribution in [3.05, 3.63) is 63.3 Å². The number of carbonyl (C=O) groups excluding carboxylic acids is 1. The highest BCUT2D eigenvalue weighted by atomic mass is 16.2. The molecule has 25 heavy (non-hydrogen) atoms. The number of hydrogen-bond donors (Lipinski definition) is 1. The molecule has 6 nitrogen and oxygen atoms in total. The van der Waals surface area contributed by atoms with Crippen molar-refractivity contribution in [3.8, 4) is 0 Å². The Labute approximate surface area is 147 Å². The molecular weight excluding hydrogens is 316 g/mol. The van der Waals surface area contributed by atoms with Crippen LogP contribution in [-0.2, 0) is 19.4 Å². The molecule has 0 radical (unpaired) electrons. The van der Waals surface area contributed by atoms with E-state index in [2.05, 4.69) is 10.3 Å². The Balaban J connectivity index is 1.84. The third-order valence-electron chi connectivity index (χ3n) is 4.59. The van der Waals surface area contributed by atoms with Gasteiger partial charge >= 0.3 is 6.03 Å². The summed E-state index contributed by atoms with van der Waals surface area (Å²) in [5.74, 6) is 0. The Morgan fingerprint density at radius 2 is 2.12 bits per heavy atom. The molecule has 0 saturated heterocycles. The minimum absolute atomic E-state index is 0.00201. The molecule has 6 heteroatoms. The second-order valence-electron chi connectivity index (χ2n) is 6.78. The van der Waals surface area contributed by atoms with Crippen molar-refractivity contribution in [2.24, 2.45) is 0 Å². The SMILES string of the molecule is Cc1cccc(Cn2c3c(ccc2=O)C[C@H](NC(=O)N(C)C)CC3)n1. The zero-order valence-corrected chi connectivity index (χ0v) is 15.0. The van der Waals surface area contributed by atoms with E-state index in [1.165, 1.54) is 0 Å². The van der Waals surface area contributed by atoms with Crippen molar-refractivity contribution in [3.63, 3.8) is 0 Å². The summed E-state index contributed by atoms with van der Waals surface area (Å²) in [6.07, 6.45) is 2.35. The zero-order valence-electron chi connectivity index (χ0n) is 15.0. The Morgan fingerprint density at radius 1 is 1.32 bits per heavy atom. The van der Waals surface area contributed by atoms with Gasteiger partial charge in [-0.25, -0.2) is 4.79 Å². The molecule has 132 valence electrons. The Hall–Kier alpha value is -2.63. The molecule has 0 bridgehead atoms. The molecule has 0 unspecified atom stereocenters. The van der Waals surface area contributed by atoms with Gasteiger partial charge in [-0.1, -0.05) is 12.1 Å². The first-order valence-corrected chi connectivity index (χ1v) is 8.56. The van der Waals surface area contributed by atoms with Crippen LogP contribution >= 0.6 is 0 Å². The van der Waals surface area contributed by atoms with Crippen LogP contribution in [0.15, 0.2) is 35.1 Å². The third-order valence-corrected chi connectivity index (χ3v) is 4.59. The molecule has 1 N–H and O–H groups in total. The lowest BCUT2D eigenvalue weighted by atomic mass is 9.91. The van der Waals surface area contributed by atoms with Crippen molar-refractivity contribution in [2.45, 2.75) is 38.8 Å². The summed E-state index contributed by atoms with van der Waals surface area (Å²) in [6.45, 7) is 2.43. The first-order valence-electron chi connectivity index (χ1n) is 8.56. The standard InChI is InChI=1S/C19H24N4O2/c1-13-5-4-6-16(20-13)12-23-17-9-8-15(21-19(25)22(2)3)11-14(17)7-10-18(23)24/h4-7,10,15H,8-9,11-12H2,1-3H3,(H,21,25)/t15-/m1/s1. The average molecular weight is 340 g/mol. The molecular formula is C19H24N4O2. The van der Waals surface area contributed by atoms with Crippen LogP contribution in [0.5, 0.6) is 0 Å². The van der Waals surface area contributed by atoms with Gasteiger partial charge in [0.15, 0.2) is 0 Å². The number of urea groups is 1. The number of aromatic nitrogens is 2. The summed E-state index contributed by atoms with van der Waals surface area (Å²) < 4.78 is 1.82. The monoisotopic (exact) mass is 340 g/mol. The van der Waals surface area contributed by atoms with Gasteiger partial charge in [0.05, 0.1) is 12.2 Å². The summed E-state index contributed by atoms with van der Waals surface area (Å²) in [6, 6.07) is 9.39. The quantitative estimate of drug-likeness (QED) is 0.925. The maximum absolute atomic E-state index is 12.4. The number of fused-ring (bicyclic) bond motifs is 1. The molecule has 3 rings (SSSR count). The van der Waals surface area contributed by atoms with Crippen LogP contribution in [-0.4, -0.2) is 40.6 Å². The molecule has 1 aliphatic rings. The first kappa shape index (κ1) is 17.2. The topological polar surface area (TPSA) is 67.2 Å². The molecule has 0 aromatic carbocycles. The van der Waals surface area contributed by atoms with Gasteiger partial charge in [-0.3, -0.25) is 9.78 Å². The summed E-state index contributed by atoms with van der Waals surface area (Å²) in [7, 11) is 3.47. The molecule has 2 aromatic heterocycles. The van der Waals surface area contributed by atoms with Crippen LogP contribution < -0.4 is 10.9 Å². The molecule has 2 amide bonds. The van der Waals surface area contributed by atoms with E-state index < -0.39 is 0 Å². The largest absolute Gasteiger partial charge is 0.335 e. The first-order chi connectivity index (χ1) is 11.9. The molecule has 0 spiro atoms.